The highest BCUT2D eigenvalue weighted by molar-refractivity contribution is 9.10. The molecule has 0 aliphatic carbocycles. The average Bonchev–Trinajstić information content (AvgIpc) is 2.45. The Kier molecular flexibility index (Phi) is 5.56. The molecule has 6 heteroatoms. The molecule has 3 nitrogen and oxygen atoms in total. The first-order valence-electron chi connectivity index (χ1n) is 6.20. The van der Waals surface area contributed by atoms with Crippen LogP contribution in [0.4, 0.5) is 11.4 Å². The van der Waals surface area contributed by atoms with Crippen molar-refractivity contribution >= 4 is 56.6 Å². The molecule has 0 spiro atoms. The molecule has 0 saturated heterocycles. The number of amides is 1. The van der Waals surface area contributed by atoms with Gasteiger partial charge in [-0.1, -0.05) is 33.6 Å². The van der Waals surface area contributed by atoms with Crippen molar-refractivity contribution in [3.05, 3.63) is 51.5 Å². The van der Waals surface area contributed by atoms with E-state index in [1.54, 1.807) is 6.07 Å². The standard InChI is InChI=1S/C15H14BrClN2OS/c1-9-11(17)3-2-4-13(9)19-15(20)8-21-14-7-10(16)5-6-12(14)18/h2-7H,8,18H2,1H3,(H,19,20). The zero-order valence-electron chi connectivity index (χ0n) is 11.3. The summed E-state index contributed by atoms with van der Waals surface area (Å²) in [7, 11) is 0. The summed E-state index contributed by atoms with van der Waals surface area (Å²) in [5.41, 5.74) is 8.14. The van der Waals surface area contributed by atoms with Crippen molar-refractivity contribution in [3.63, 3.8) is 0 Å². The van der Waals surface area contributed by atoms with E-state index in [0.717, 1.165) is 20.6 Å². The Morgan fingerprint density at radius 3 is 2.90 bits per heavy atom. The zero-order chi connectivity index (χ0) is 15.4. The van der Waals surface area contributed by atoms with E-state index >= 15 is 0 Å². The van der Waals surface area contributed by atoms with Crippen molar-refractivity contribution in [1.29, 1.82) is 0 Å². The van der Waals surface area contributed by atoms with Crippen LogP contribution in [0.1, 0.15) is 5.56 Å². The summed E-state index contributed by atoms with van der Waals surface area (Å²) in [6, 6.07) is 11.0. The van der Waals surface area contributed by atoms with Crippen LogP contribution in [0.2, 0.25) is 5.02 Å². The van der Waals surface area contributed by atoms with Gasteiger partial charge in [0.15, 0.2) is 0 Å². The van der Waals surface area contributed by atoms with Crippen LogP contribution in [-0.4, -0.2) is 11.7 Å². The molecule has 0 aliphatic heterocycles. The van der Waals surface area contributed by atoms with Crippen LogP contribution in [0.15, 0.2) is 45.8 Å². The van der Waals surface area contributed by atoms with Crippen molar-refractivity contribution in [2.45, 2.75) is 11.8 Å². The van der Waals surface area contributed by atoms with E-state index in [1.807, 2.05) is 37.3 Å². The summed E-state index contributed by atoms with van der Waals surface area (Å²) >= 11 is 10.8. The fourth-order valence-electron chi connectivity index (χ4n) is 1.71. The minimum Gasteiger partial charge on any atom is -0.398 e. The molecule has 2 aromatic rings. The molecular weight excluding hydrogens is 372 g/mol. The van der Waals surface area contributed by atoms with Crippen molar-refractivity contribution in [2.24, 2.45) is 0 Å². The first kappa shape index (κ1) is 16.2. The third-order valence-electron chi connectivity index (χ3n) is 2.88. The zero-order valence-corrected chi connectivity index (χ0v) is 14.5. The van der Waals surface area contributed by atoms with Gasteiger partial charge in [-0.2, -0.15) is 0 Å². The van der Waals surface area contributed by atoms with E-state index in [1.165, 1.54) is 11.8 Å². The molecule has 0 radical (unpaired) electrons. The molecule has 3 N–H and O–H groups in total. The lowest BCUT2D eigenvalue weighted by atomic mass is 10.2. The quantitative estimate of drug-likeness (QED) is 0.591. The van der Waals surface area contributed by atoms with Crippen LogP contribution in [0, 0.1) is 6.92 Å². The second-order valence-electron chi connectivity index (χ2n) is 4.43. The predicted molar refractivity (Wildman–Crippen MR) is 94.1 cm³/mol. The van der Waals surface area contributed by atoms with Crippen molar-refractivity contribution in [3.8, 4) is 0 Å². The van der Waals surface area contributed by atoms with E-state index in [4.69, 9.17) is 17.3 Å². The fraction of sp³-hybridized carbons (Fsp3) is 0.133. The summed E-state index contributed by atoms with van der Waals surface area (Å²) < 4.78 is 0.935. The number of carbonyl (C=O) groups is 1. The molecule has 0 atom stereocenters. The highest BCUT2D eigenvalue weighted by Gasteiger charge is 2.09. The molecule has 2 aromatic carbocycles. The Balaban J connectivity index is 1.99. The molecule has 0 bridgehead atoms. The molecule has 110 valence electrons. The monoisotopic (exact) mass is 384 g/mol. The van der Waals surface area contributed by atoms with Crippen LogP contribution in [0.3, 0.4) is 0 Å². The number of hydrogen-bond acceptors (Lipinski definition) is 3. The third kappa shape index (κ3) is 4.40. The number of rotatable bonds is 4. The maximum absolute atomic E-state index is 12.0. The van der Waals surface area contributed by atoms with E-state index in [2.05, 4.69) is 21.2 Å². The Labute approximate surface area is 141 Å². The number of halogens is 2. The van der Waals surface area contributed by atoms with E-state index in [-0.39, 0.29) is 11.7 Å². The van der Waals surface area contributed by atoms with Gasteiger partial charge in [0.1, 0.15) is 0 Å². The molecule has 0 fully saturated rings. The first-order valence-corrected chi connectivity index (χ1v) is 8.36. The Bertz CT molecular complexity index is 679. The maximum atomic E-state index is 12.0. The number of carbonyl (C=O) groups excluding carboxylic acids is 1. The number of nitrogens with two attached hydrogens (primary N) is 1. The minimum absolute atomic E-state index is 0.0928. The first-order chi connectivity index (χ1) is 9.97. The Morgan fingerprint density at radius 2 is 2.14 bits per heavy atom. The van der Waals surface area contributed by atoms with Gasteiger partial charge in [0.05, 0.1) is 5.75 Å². The lowest BCUT2D eigenvalue weighted by molar-refractivity contribution is -0.113. The fourth-order valence-corrected chi connectivity index (χ4v) is 3.20. The summed E-state index contributed by atoms with van der Waals surface area (Å²) in [5.74, 6) is 0.192. The molecule has 0 aromatic heterocycles. The van der Waals surface area contributed by atoms with Gasteiger partial charge in [-0.25, -0.2) is 0 Å². The molecule has 0 saturated carbocycles. The van der Waals surface area contributed by atoms with Crippen molar-refractivity contribution in [2.75, 3.05) is 16.8 Å². The molecule has 21 heavy (non-hydrogen) atoms. The maximum Gasteiger partial charge on any atom is 0.234 e. The molecular formula is C15H14BrClN2OS. The largest absolute Gasteiger partial charge is 0.398 e. The van der Waals surface area contributed by atoms with Gasteiger partial charge in [0.25, 0.3) is 0 Å². The number of thioether (sulfide) groups is 1. The molecule has 0 heterocycles. The number of hydrogen-bond donors (Lipinski definition) is 2. The van der Waals surface area contributed by atoms with Gasteiger partial charge >= 0.3 is 0 Å². The van der Waals surface area contributed by atoms with E-state index < -0.39 is 0 Å². The summed E-state index contributed by atoms with van der Waals surface area (Å²) in [5, 5.41) is 3.49. The highest BCUT2D eigenvalue weighted by atomic mass is 79.9. The van der Waals surface area contributed by atoms with Crippen molar-refractivity contribution in [1.82, 2.24) is 0 Å². The van der Waals surface area contributed by atoms with Gasteiger partial charge in [-0.3, -0.25) is 4.79 Å². The van der Waals surface area contributed by atoms with Gasteiger partial charge in [0.2, 0.25) is 5.91 Å². The van der Waals surface area contributed by atoms with E-state index in [0.29, 0.717) is 10.7 Å². The second-order valence-corrected chi connectivity index (χ2v) is 6.77. The van der Waals surface area contributed by atoms with Gasteiger partial charge in [-0.05, 0) is 42.8 Å². The Hall–Kier alpha value is -1.17. The average molecular weight is 386 g/mol. The van der Waals surface area contributed by atoms with Crippen LogP contribution in [0.25, 0.3) is 0 Å². The third-order valence-corrected chi connectivity index (χ3v) is 4.85. The number of nitrogen functional groups attached to an aromatic ring is 1. The van der Waals surface area contributed by atoms with Crippen LogP contribution in [0.5, 0.6) is 0 Å². The van der Waals surface area contributed by atoms with Crippen molar-refractivity contribution < 1.29 is 4.79 Å². The molecule has 2 rings (SSSR count). The predicted octanol–water partition coefficient (Wildman–Crippen LogP) is 4.72. The summed E-state index contributed by atoms with van der Waals surface area (Å²) in [4.78, 5) is 12.9. The second kappa shape index (κ2) is 7.20. The van der Waals surface area contributed by atoms with Gasteiger partial charge < -0.3 is 11.1 Å². The van der Waals surface area contributed by atoms with Crippen LogP contribution >= 0.6 is 39.3 Å². The van der Waals surface area contributed by atoms with Crippen LogP contribution < -0.4 is 11.1 Å². The molecule has 1 amide bonds. The minimum atomic E-state index is -0.0928. The summed E-state index contributed by atoms with van der Waals surface area (Å²) in [6.07, 6.45) is 0. The summed E-state index contributed by atoms with van der Waals surface area (Å²) in [6.45, 7) is 1.87. The van der Waals surface area contributed by atoms with E-state index in [9.17, 15) is 4.79 Å². The topological polar surface area (TPSA) is 55.1 Å². The lowest BCUT2D eigenvalue weighted by Gasteiger charge is -2.10. The number of nitrogens with one attached hydrogen (secondary N) is 1. The molecule has 0 unspecified atom stereocenters. The molecule has 0 aliphatic rings. The van der Waals surface area contributed by atoms with Gasteiger partial charge in [0, 0.05) is 25.8 Å². The Morgan fingerprint density at radius 1 is 1.38 bits per heavy atom. The highest BCUT2D eigenvalue weighted by Crippen LogP contribution is 2.29. The number of anilines is 2. The van der Waals surface area contributed by atoms with Crippen LogP contribution in [-0.2, 0) is 4.79 Å². The number of benzene rings is 2. The lowest BCUT2D eigenvalue weighted by Crippen LogP contribution is -2.15. The smallest absolute Gasteiger partial charge is 0.234 e. The van der Waals surface area contributed by atoms with Gasteiger partial charge in [-0.15, -0.1) is 11.8 Å². The normalized spacial score (nSPS) is 10.4. The SMILES string of the molecule is Cc1c(Cl)cccc1NC(=O)CSc1cc(Br)ccc1N.